The molecule has 0 aromatic carbocycles. The Labute approximate surface area is 147 Å². The maximum atomic E-state index is 5.07. The maximum Gasteiger partial charge on any atom is 0.223 e. The summed E-state index contributed by atoms with van der Waals surface area (Å²) >= 11 is 0. The van der Waals surface area contributed by atoms with Gasteiger partial charge in [0.05, 0.1) is 6.54 Å². The highest BCUT2D eigenvalue weighted by molar-refractivity contribution is 5.52. The monoisotopic (exact) mass is 340 g/mol. The summed E-state index contributed by atoms with van der Waals surface area (Å²) < 4.78 is 5.07. The summed E-state index contributed by atoms with van der Waals surface area (Å²) in [6.45, 7) is 6.62. The molecule has 0 amide bonds. The molecule has 2 aliphatic carbocycles. The van der Waals surface area contributed by atoms with Crippen molar-refractivity contribution >= 4 is 5.82 Å². The summed E-state index contributed by atoms with van der Waals surface area (Å²) in [4.78, 5) is 19.0. The van der Waals surface area contributed by atoms with Gasteiger partial charge in [-0.15, -0.1) is 0 Å². The quantitative estimate of drug-likeness (QED) is 0.841. The zero-order valence-corrected chi connectivity index (χ0v) is 14.7. The maximum absolute atomic E-state index is 5.07. The lowest BCUT2D eigenvalue weighted by Gasteiger charge is -2.35. The SMILES string of the molecule is Cc1nc(CN2CCN(c3nc(C4CC4)nc4c3CCC4)CC2)no1. The summed E-state index contributed by atoms with van der Waals surface area (Å²) in [5, 5.41) is 4.01. The number of aryl methyl sites for hydroxylation is 2. The Bertz CT molecular complexity index is 776. The van der Waals surface area contributed by atoms with Crippen molar-refractivity contribution in [3.63, 3.8) is 0 Å². The van der Waals surface area contributed by atoms with Crippen LogP contribution in [0.15, 0.2) is 4.52 Å². The summed E-state index contributed by atoms with van der Waals surface area (Å²) in [6.07, 6.45) is 6.01. The van der Waals surface area contributed by atoms with Crippen molar-refractivity contribution < 1.29 is 4.52 Å². The summed E-state index contributed by atoms with van der Waals surface area (Å²) in [7, 11) is 0. The molecule has 2 fully saturated rings. The normalized spacial score (nSPS) is 20.9. The van der Waals surface area contributed by atoms with Crippen LogP contribution >= 0.6 is 0 Å². The number of aromatic nitrogens is 4. The highest BCUT2D eigenvalue weighted by Crippen LogP contribution is 2.40. The summed E-state index contributed by atoms with van der Waals surface area (Å²) in [5.41, 5.74) is 2.73. The number of fused-ring (bicyclic) bond motifs is 1. The molecule has 1 saturated carbocycles. The Kier molecular flexibility index (Phi) is 3.69. The van der Waals surface area contributed by atoms with Crippen LogP contribution in [0.25, 0.3) is 0 Å². The zero-order valence-electron chi connectivity index (χ0n) is 14.7. The number of rotatable bonds is 4. The van der Waals surface area contributed by atoms with Crippen molar-refractivity contribution in [1.82, 2.24) is 25.0 Å². The van der Waals surface area contributed by atoms with Gasteiger partial charge in [0, 0.05) is 50.3 Å². The Morgan fingerprint density at radius 3 is 2.60 bits per heavy atom. The molecule has 0 spiro atoms. The van der Waals surface area contributed by atoms with Crippen molar-refractivity contribution in [3.8, 4) is 0 Å². The van der Waals surface area contributed by atoms with Crippen molar-refractivity contribution in [2.24, 2.45) is 0 Å². The van der Waals surface area contributed by atoms with Gasteiger partial charge in [-0.1, -0.05) is 5.16 Å². The summed E-state index contributed by atoms with van der Waals surface area (Å²) in [6, 6.07) is 0. The lowest BCUT2D eigenvalue weighted by molar-refractivity contribution is 0.239. The van der Waals surface area contributed by atoms with Gasteiger partial charge in [-0.3, -0.25) is 4.90 Å². The molecule has 7 heteroatoms. The minimum absolute atomic E-state index is 0.618. The Hall–Kier alpha value is -2.02. The first kappa shape index (κ1) is 15.3. The van der Waals surface area contributed by atoms with Crippen LogP contribution in [0.5, 0.6) is 0 Å². The molecule has 25 heavy (non-hydrogen) atoms. The molecule has 0 unspecified atom stereocenters. The van der Waals surface area contributed by atoms with Gasteiger partial charge in [0.1, 0.15) is 11.6 Å². The number of nitrogens with zero attached hydrogens (tertiary/aromatic N) is 6. The second-order valence-corrected chi connectivity index (χ2v) is 7.45. The van der Waals surface area contributed by atoms with Crippen molar-refractivity contribution in [1.29, 1.82) is 0 Å². The minimum atomic E-state index is 0.618. The Balaban J connectivity index is 1.30. The first-order valence-corrected chi connectivity index (χ1v) is 9.42. The Morgan fingerprint density at radius 2 is 1.88 bits per heavy atom. The lowest BCUT2D eigenvalue weighted by Crippen LogP contribution is -2.46. The predicted molar refractivity (Wildman–Crippen MR) is 92.6 cm³/mol. The molecule has 3 aliphatic rings. The molecule has 2 aromatic heterocycles. The van der Waals surface area contributed by atoms with E-state index in [0.717, 1.165) is 57.2 Å². The lowest BCUT2D eigenvalue weighted by atomic mass is 10.2. The molecular weight excluding hydrogens is 316 g/mol. The molecule has 0 atom stereocenters. The van der Waals surface area contributed by atoms with Gasteiger partial charge in [0.25, 0.3) is 0 Å². The van der Waals surface area contributed by atoms with E-state index in [2.05, 4.69) is 19.9 Å². The van der Waals surface area contributed by atoms with Crippen LogP contribution in [0.1, 0.15) is 54.0 Å². The standard InChI is InChI=1S/C18H24N6O/c1-12-19-16(22-25-12)11-23-7-9-24(10-8-23)18-14-3-2-4-15(14)20-17(21-18)13-5-6-13/h13H,2-11H2,1H3. The number of piperazine rings is 1. The van der Waals surface area contributed by atoms with E-state index in [-0.39, 0.29) is 0 Å². The highest BCUT2D eigenvalue weighted by atomic mass is 16.5. The van der Waals surface area contributed by atoms with Crippen molar-refractivity contribution in [2.75, 3.05) is 31.1 Å². The number of anilines is 1. The van der Waals surface area contributed by atoms with Crippen LogP contribution in [0, 0.1) is 6.92 Å². The third kappa shape index (κ3) is 3.01. The molecule has 5 rings (SSSR count). The van der Waals surface area contributed by atoms with E-state index in [1.165, 1.54) is 36.3 Å². The molecule has 7 nitrogen and oxygen atoms in total. The van der Waals surface area contributed by atoms with Crippen LogP contribution in [-0.4, -0.2) is 51.2 Å². The van der Waals surface area contributed by atoms with Gasteiger partial charge in [-0.2, -0.15) is 4.98 Å². The molecule has 3 heterocycles. The number of hydrogen-bond acceptors (Lipinski definition) is 7. The largest absolute Gasteiger partial charge is 0.354 e. The van der Waals surface area contributed by atoms with Crippen molar-refractivity contribution in [2.45, 2.75) is 51.5 Å². The highest BCUT2D eigenvalue weighted by Gasteiger charge is 2.31. The zero-order chi connectivity index (χ0) is 16.8. The fourth-order valence-corrected chi connectivity index (χ4v) is 3.94. The first-order valence-electron chi connectivity index (χ1n) is 9.42. The first-order chi connectivity index (χ1) is 12.3. The number of hydrogen-bond donors (Lipinski definition) is 0. The third-order valence-corrected chi connectivity index (χ3v) is 5.48. The molecule has 0 N–H and O–H groups in total. The third-order valence-electron chi connectivity index (χ3n) is 5.48. The van der Waals surface area contributed by atoms with Gasteiger partial charge < -0.3 is 9.42 Å². The molecule has 1 aliphatic heterocycles. The second-order valence-electron chi connectivity index (χ2n) is 7.45. The molecule has 132 valence electrons. The van der Waals surface area contributed by atoms with Crippen LogP contribution in [0.3, 0.4) is 0 Å². The average Bonchev–Trinajstić information content (AvgIpc) is 3.23. The predicted octanol–water partition coefficient (Wildman–Crippen LogP) is 1.86. The van der Waals surface area contributed by atoms with E-state index >= 15 is 0 Å². The van der Waals surface area contributed by atoms with Gasteiger partial charge in [0.2, 0.25) is 5.89 Å². The van der Waals surface area contributed by atoms with E-state index in [4.69, 9.17) is 14.5 Å². The second kappa shape index (κ2) is 6.05. The molecule has 2 aromatic rings. The topological polar surface area (TPSA) is 71.2 Å². The van der Waals surface area contributed by atoms with Crippen LogP contribution < -0.4 is 4.90 Å². The van der Waals surface area contributed by atoms with Gasteiger partial charge >= 0.3 is 0 Å². The van der Waals surface area contributed by atoms with E-state index in [1.54, 1.807) is 0 Å². The van der Waals surface area contributed by atoms with E-state index in [1.807, 2.05) is 6.92 Å². The smallest absolute Gasteiger partial charge is 0.223 e. The fraction of sp³-hybridized carbons (Fsp3) is 0.667. The van der Waals surface area contributed by atoms with E-state index < -0.39 is 0 Å². The average molecular weight is 340 g/mol. The van der Waals surface area contributed by atoms with Gasteiger partial charge in [-0.05, 0) is 32.1 Å². The van der Waals surface area contributed by atoms with Gasteiger partial charge in [0.15, 0.2) is 5.82 Å². The molecular formula is C18H24N6O. The molecule has 1 saturated heterocycles. The molecule has 0 radical (unpaired) electrons. The van der Waals surface area contributed by atoms with E-state index in [9.17, 15) is 0 Å². The van der Waals surface area contributed by atoms with Crippen LogP contribution in [-0.2, 0) is 19.4 Å². The van der Waals surface area contributed by atoms with Crippen LogP contribution in [0.2, 0.25) is 0 Å². The van der Waals surface area contributed by atoms with Crippen molar-refractivity contribution in [3.05, 3.63) is 28.8 Å². The molecule has 0 bridgehead atoms. The minimum Gasteiger partial charge on any atom is -0.354 e. The van der Waals surface area contributed by atoms with Gasteiger partial charge in [-0.25, -0.2) is 9.97 Å². The summed E-state index contributed by atoms with van der Waals surface area (Å²) in [5.74, 6) is 4.36. The van der Waals surface area contributed by atoms with E-state index in [0.29, 0.717) is 11.8 Å². The van der Waals surface area contributed by atoms with Crippen LogP contribution in [0.4, 0.5) is 5.82 Å². The fourth-order valence-electron chi connectivity index (χ4n) is 3.94. The Morgan fingerprint density at radius 1 is 1.04 bits per heavy atom.